The normalized spacial score (nSPS) is 16.9. The molecule has 27 heavy (non-hydrogen) atoms. The lowest BCUT2D eigenvalue weighted by Gasteiger charge is -2.35. The number of hydrogen-bond donors (Lipinski definition) is 0. The number of hydrogen-bond acceptors (Lipinski definition) is 5. The average Bonchev–Trinajstić information content (AvgIpc) is 2.74. The van der Waals surface area contributed by atoms with Crippen LogP contribution < -0.4 is 4.90 Å². The molecule has 1 aromatic heterocycles. The van der Waals surface area contributed by atoms with Crippen LogP contribution in [0.1, 0.15) is 29.7 Å². The van der Waals surface area contributed by atoms with Gasteiger partial charge >= 0.3 is 0 Å². The Morgan fingerprint density at radius 1 is 1.00 bits per heavy atom. The smallest absolute Gasteiger partial charge is 0.232 e. The van der Waals surface area contributed by atoms with Crippen LogP contribution in [0.25, 0.3) is 0 Å². The van der Waals surface area contributed by atoms with E-state index in [0.29, 0.717) is 5.75 Å². The molecule has 5 nitrogen and oxygen atoms in total. The number of nitrogens with zero attached hydrogens (tertiary/aromatic N) is 4. The minimum Gasteiger partial charge on any atom is -0.352 e. The number of carbonyl (C=O) groups excluding carboxylic acids is 1. The second kappa shape index (κ2) is 8.74. The first kappa shape index (κ1) is 18.3. The van der Waals surface area contributed by atoms with E-state index < -0.39 is 0 Å². The Labute approximate surface area is 165 Å². The van der Waals surface area contributed by atoms with E-state index in [2.05, 4.69) is 33.3 Å². The Morgan fingerprint density at radius 3 is 2.59 bits per heavy atom. The molecule has 0 unspecified atom stereocenters. The van der Waals surface area contributed by atoms with Gasteiger partial charge in [-0.1, -0.05) is 30.3 Å². The molecular formula is C21H26N4OS. The Balaban J connectivity index is 1.25. The van der Waals surface area contributed by atoms with Crippen molar-refractivity contribution in [2.45, 2.75) is 31.4 Å². The van der Waals surface area contributed by atoms with Gasteiger partial charge in [-0.3, -0.25) is 4.79 Å². The molecule has 2 aliphatic rings. The number of thioether (sulfide) groups is 1. The zero-order valence-electron chi connectivity index (χ0n) is 15.6. The Bertz CT molecular complexity index is 775. The number of anilines is 1. The van der Waals surface area contributed by atoms with E-state index in [4.69, 9.17) is 0 Å². The first-order valence-electron chi connectivity index (χ1n) is 9.79. The van der Waals surface area contributed by atoms with Crippen LogP contribution in [0.3, 0.4) is 0 Å². The summed E-state index contributed by atoms with van der Waals surface area (Å²) in [5.41, 5.74) is 3.81. The van der Waals surface area contributed by atoms with Gasteiger partial charge in [0.05, 0.1) is 11.4 Å². The van der Waals surface area contributed by atoms with E-state index in [1.165, 1.54) is 29.7 Å². The quantitative estimate of drug-likeness (QED) is 0.796. The van der Waals surface area contributed by atoms with Gasteiger partial charge in [0.15, 0.2) is 5.82 Å². The largest absolute Gasteiger partial charge is 0.352 e. The second-order valence-corrected chi connectivity index (χ2v) is 8.21. The fraction of sp³-hybridized carbons (Fsp3) is 0.476. The van der Waals surface area contributed by atoms with Crippen molar-refractivity contribution < 1.29 is 4.79 Å². The lowest BCUT2D eigenvalue weighted by molar-refractivity contribution is -0.128. The summed E-state index contributed by atoms with van der Waals surface area (Å²) in [5.74, 6) is 2.65. The van der Waals surface area contributed by atoms with Crippen LogP contribution in [0.15, 0.2) is 36.4 Å². The molecular weight excluding hydrogens is 356 g/mol. The summed E-state index contributed by atoms with van der Waals surface area (Å²) in [7, 11) is 0. The molecule has 1 fully saturated rings. The highest BCUT2D eigenvalue weighted by Gasteiger charge is 2.23. The number of rotatable bonds is 5. The molecule has 1 saturated heterocycles. The molecule has 0 spiro atoms. The third-order valence-corrected chi connectivity index (χ3v) is 6.34. The maximum atomic E-state index is 12.5. The maximum Gasteiger partial charge on any atom is 0.232 e. The summed E-state index contributed by atoms with van der Waals surface area (Å²) in [6.45, 7) is 3.21. The monoisotopic (exact) mass is 382 g/mol. The molecule has 0 radical (unpaired) electrons. The number of fused-ring (bicyclic) bond motifs is 1. The molecule has 1 aromatic carbocycles. The van der Waals surface area contributed by atoms with Gasteiger partial charge in [0, 0.05) is 31.9 Å². The SMILES string of the molecule is O=C(CSCc1ccccc1)N1CCN(c2cc3c(nn2)CCCC3)CC1. The summed E-state index contributed by atoms with van der Waals surface area (Å²) in [5, 5.41) is 8.88. The molecule has 142 valence electrons. The Hall–Kier alpha value is -2.08. The summed E-state index contributed by atoms with van der Waals surface area (Å²) in [6.07, 6.45) is 4.66. The van der Waals surface area contributed by atoms with Gasteiger partial charge in [0.25, 0.3) is 0 Å². The Kier molecular flexibility index (Phi) is 5.92. The van der Waals surface area contributed by atoms with Crippen molar-refractivity contribution in [2.24, 2.45) is 0 Å². The minimum atomic E-state index is 0.243. The van der Waals surface area contributed by atoms with E-state index in [0.717, 1.165) is 50.6 Å². The summed E-state index contributed by atoms with van der Waals surface area (Å²) in [6, 6.07) is 12.5. The highest BCUT2D eigenvalue weighted by Crippen LogP contribution is 2.23. The number of carbonyl (C=O) groups is 1. The average molecular weight is 383 g/mol. The number of aryl methyl sites for hydroxylation is 2. The first-order chi connectivity index (χ1) is 13.3. The lowest BCUT2D eigenvalue weighted by atomic mass is 9.97. The van der Waals surface area contributed by atoms with Gasteiger partial charge < -0.3 is 9.80 Å². The topological polar surface area (TPSA) is 49.3 Å². The number of aromatic nitrogens is 2. The predicted octanol–water partition coefficient (Wildman–Crippen LogP) is 2.94. The van der Waals surface area contributed by atoms with Crippen LogP contribution in [0, 0.1) is 0 Å². The van der Waals surface area contributed by atoms with E-state index in [9.17, 15) is 4.79 Å². The van der Waals surface area contributed by atoms with Crippen LogP contribution in [-0.4, -0.2) is 52.9 Å². The van der Waals surface area contributed by atoms with Gasteiger partial charge in [-0.15, -0.1) is 16.9 Å². The van der Waals surface area contributed by atoms with Crippen molar-refractivity contribution in [3.63, 3.8) is 0 Å². The van der Waals surface area contributed by atoms with Crippen LogP contribution >= 0.6 is 11.8 Å². The third-order valence-electron chi connectivity index (χ3n) is 5.35. The van der Waals surface area contributed by atoms with Crippen LogP contribution in [-0.2, 0) is 23.4 Å². The Morgan fingerprint density at radius 2 is 1.78 bits per heavy atom. The molecule has 6 heteroatoms. The van der Waals surface area contributed by atoms with E-state index in [1.54, 1.807) is 11.8 Å². The van der Waals surface area contributed by atoms with Crippen molar-refractivity contribution in [3.05, 3.63) is 53.2 Å². The lowest BCUT2D eigenvalue weighted by Crippen LogP contribution is -2.49. The molecule has 0 saturated carbocycles. The van der Waals surface area contributed by atoms with E-state index in [-0.39, 0.29) is 5.91 Å². The van der Waals surface area contributed by atoms with Gasteiger partial charge in [-0.2, -0.15) is 5.10 Å². The molecule has 0 N–H and O–H groups in total. The molecule has 0 bridgehead atoms. The number of piperazine rings is 1. The predicted molar refractivity (Wildman–Crippen MR) is 110 cm³/mol. The number of benzene rings is 1. The molecule has 4 rings (SSSR count). The van der Waals surface area contributed by atoms with Gasteiger partial charge in [0.1, 0.15) is 0 Å². The zero-order chi connectivity index (χ0) is 18.5. The standard InChI is InChI=1S/C21H26N4OS/c26-21(16-27-15-17-6-2-1-3-7-17)25-12-10-24(11-13-25)20-14-18-8-4-5-9-19(18)22-23-20/h1-3,6-7,14H,4-5,8-13,15-16H2. The summed E-state index contributed by atoms with van der Waals surface area (Å²) >= 11 is 1.69. The van der Waals surface area contributed by atoms with Crippen LogP contribution in [0.5, 0.6) is 0 Å². The van der Waals surface area contributed by atoms with Gasteiger partial charge in [-0.05, 0) is 42.9 Å². The van der Waals surface area contributed by atoms with Gasteiger partial charge in [-0.25, -0.2) is 0 Å². The summed E-state index contributed by atoms with van der Waals surface area (Å²) in [4.78, 5) is 16.7. The molecule has 1 amide bonds. The van der Waals surface area contributed by atoms with Crippen molar-refractivity contribution >= 4 is 23.5 Å². The van der Waals surface area contributed by atoms with E-state index >= 15 is 0 Å². The highest BCUT2D eigenvalue weighted by molar-refractivity contribution is 7.99. The molecule has 0 atom stereocenters. The summed E-state index contributed by atoms with van der Waals surface area (Å²) < 4.78 is 0. The maximum absolute atomic E-state index is 12.5. The van der Waals surface area contributed by atoms with Crippen LogP contribution in [0.2, 0.25) is 0 Å². The number of amides is 1. The molecule has 1 aliphatic heterocycles. The highest BCUT2D eigenvalue weighted by atomic mass is 32.2. The second-order valence-electron chi connectivity index (χ2n) is 7.23. The fourth-order valence-corrected chi connectivity index (χ4v) is 4.63. The molecule has 2 heterocycles. The van der Waals surface area contributed by atoms with E-state index in [1.807, 2.05) is 23.1 Å². The van der Waals surface area contributed by atoms with Crippen molar-refractivity contribution in [1.29, 1.82) is 0 Å². The molecule has 1 aliphatic carbocycles. The fourth-order valence-electron chi connectivity index (χ4n) is 3.74. The van der Waals surface area contributed by atoms with Crippen LogP contribution in [0.4, 0.5) is 5.82 Å². The van der Waals surface area contributed by atoms with Crippen molar-refractivity contribution in [1.82, 2.24) is 15.1 Å². The van der Waals surface area contributed by atoms with Gasteiger partial charge in [0.2, 0.25) is 5.91 Å². The zero-order valence-corrected chi connectivity index (χ0v) is 16.5. The third kappa shape index (κ3) is 4.61. The van der Waals surface area contributed by atoms with Crippen molar-refractivity contribution in [3.8, 4) is 0 Å². The van der Waals surface area contributed by atoms with Crippen molar-refractivity contribution in [2.75, 3.05) is 36.8 Å². The first-order valence-corrected chi connectivity index (χ1v) is 10.9. The molecule has 2 aromatic rings. The minimum absolute atomic E-state index is 0.243.